The molecule has 19 heavy (non-hydrogen) atoms. The number of halogens is 2. The lowest BCUT2D eigenvalue weighted by Gasteiger charge is -2.08. The lowest BCUT2D eigenvalue weighted by atomic mass is 10.1. The van der Waals surface area contributed by atoms with E-state index in [4.69, 9.17) is 4.74 Å². The van der Waals surface area contributed by atoms with Crippen molar-refractivity contribution in [2.24, 2.45) is 0 Å². The Morgan fingerprint density at radius 3 is 2.42 bits per heavy atom. The Kier molecular flexibility index (Phi) is 5.14. The van der Waals surface area contributed by atoms with Gasteiger partial charge in [-0.3, -0.25) is 0 Å². The standard InChI is InChI=1S/C15H21F2NO/c1-19-12-9-14(16)13(15(17)10-12)5-3-2-4-8-18-11-6-7-11/h9-11,18H,2-8H2,1H3. The average molecular weight is 269 g/mol. The largest absolute Gasteiger partial charge is 0.497 e. The lowest BCUT2D eigenvalue weighted by Crippen LogP contribution is -2.17. The van der Waals surface area contributed by atoms with Crippen molar-refractivity contribution in [3.63, 3.8) is 0 Å². The molecule has 1 saturated carbocycles. The number of hydrogen-bond donors (Lipinski definition) is 1. The molecule has 1 aromatic rings. The van der Waals surface area contributed by atoms with Crippen molar-refractivity contribution in [3.8, 4) is 5.75 Å². The topological polar surface area (TPSA) is 21.3 Å². The number of nitrogens with one attached hydrogen (secondary N) is 1. The first-order valence-electron chi connectivity index (χ1n) is 6.96. The summed E-state index contributed by atoms with van der Waals surface area (Å²) in [5.74, 6) is -0.784. The van der Waals surface area contributed by atoms with Crippen molar-refractivity contribution >= 4 is 0 Å². The molecular formula is C15H21F2NO. The Hall–Kier alpha value is -1.16. The lowest BCUT2D eigenvalue weighted by molar-refractivity contribution is 0.405. The molecule has 2 rings (SSSR count). The van der Waals surface area contributed by atoms with Crippen LogP contribution in [0.2, 0.25) is 0 Å². The highest BCUT2D eigenvalue weighted by Gasteiger charge is 2.19. The van der Waals surface area contributed by atoms with E-state index in [2.05, 4.69) is 5.32 Å². The molecular weight excluding hydrogens is 248 g/mol. The summed E-state index contributed by atoms with van der Waals surface area (Å²) in [6, 6.07) is 3.22. The predicted molar refractivity (Wildman–Crippen MR) is 71.5 cm³/mol. The normalized spacial score (nSPS) is 14.7. The fraction of sp³-hybridized carbons (Fsp3) is 0.600. The van der Waals surface area contributed by atoms with E-state index in [0.717, 1.165) is 31.8 Å². The van der Waals surface area contributed by atoms with Crippen LogP contribution in [0, 0.1) is 11.6 Å². The molecule has 0 spiro atoms. The Balaban J connectivity index is 1.72. The van der Waals surface area contributed by atoms with Gasteiger partial charge in [0, 0.05) is 23.7 Å². The highest BCUT2D eigenvalue weighted by atomic mass is 19.1. The van der Waals surface area contributed by atoms with Gasteiger partial charge in [0.1, 0.15) is 17.4 Å². The molecule has 0 saturated heterocycles. The summed E-state index contributed by atoms with van der Waals surface area (Å²) in [4.78, 5) is 0. The SMILES string of the molecule is COc1cc(F)c(CCCCCNC2CC2)c(F)c1. The van der Waals surface area contributed by atoms with E-state index >= 15 is 0 Å². The molecule has 1 aromatic carbocycles. The van der Waals surface area contributed by atoms with Gasteiger partial charge >= 0.3 is 0 Å². The Morgan fingerprint density at radius 2 is 1.84 bits per heavy atom. The zero-order chi connectivity index (χ0) is 13.7. The second-order valence-corrected chi connectivity index (χ2v) is 5.11. The van der Waals surface area contributed by atoms with Gasteiger partial charge in [0.15, 0.2) is 0 Å². The number of rotatable bonds is 8. The van der Waals surface area contributed by atoms with Gasteiger partial charge in [0.05, 0.1) is 7.11 Å². The molecule has 2 nitrogen and oxygen atoms in total. The van der Waals surface area contributed by atoms with E-state index in [1.165, 1.54) is 32.1 Å². The Morgan fingerprint density at radius 1 is 1.16 bits per heavy atom. The molecule has 0 aliphatic heterocycles. The molecule has 1 fully saturated rings. The number of hydrogen-bond acceptors (Lipinski definition) is 2. The van der Waals surface area contributed by atoms with Crippen LogP contribution in [0.5, 0.6) is 5.75 Å². The summed E-state index contributed by atoms with van der Waals surface area (Å²) in [6.07, 6.45) is 5.91. The van der Waals surface area contributed by atoms with E-state index in [1.807, 2.05) is 0 Å². The summed E-state index contributed by atoms with van der Waals surface area (Å²) in [6.45, 7) is 1.01. The van der Waals surface area contributed by atoms with Crippen molar-refractivity contribution in [1.82, 2.24) is 5.32 Å². The van der Waals surface area contributed by atoms with Crippen LogP contribution in [0.1, 0.15) is 37.7 Å². The molecule has 1 N–H and O–H groups in total. The first kappa shape index (κ1) is 14.3. The molecule has 1 aliphatic rings. The van der Waals surface area contributed by atoms with Gasteiger partial charge in [-0.15, -0.1) is 0 Å². The molecule has 4 heteroatoms. The second kappa shape index (κ2) is 6.85. The Labute approximate surface area is 113 Å². The summed E-state index contributed by atoms with van der Waals surface area (Å²) in [5.41, 5.74) is 0.177. The van der Waals surface area contributed by atoms with Crippen LogP contribution in [0.15, 0.2) is 12.1 Å². The maximum atomic E-state index is 13.7. The van der Waals surface area contributed by atoms with Crippen molar-refractivity contribution in [3.05, 3.63) is 29.3 Å². The molecule has 0 amide bonds. The smallest absolute Gasteiger partial charge is 0.133 e. The molecule has 0 radical (unpaired) electrons. The maximum absolute atomic E-state index is 13.7. The van der Waals surface area contributed by atoms with Gasteiger partial charge in [0.2, 0.25) is 0 Å². The summed E-state index contributed by atoms with van der Waals surface area (Å²) < 4.78 is 32.1. The van der Waals surface area contributed by atoms with Crippen LogP contribution in [-0.2, 0) is 6.42 Å². The molecule has 0 aromatic heterocycles. The fourth-order valence-electron chi connectivity index (χ4n) is 2.13. The first-order valence-corrected chi connectivity index (χ1v) is 6.96. The van der Waals surface area contributed by atoms with E-state index in [9.17, 15) is 8.78 Å². The molecule has 0 atom stereocenters. The number of unbranched alkanes of at least 4 members (excludes halogenated alkanes) is 2. The molecule has 0 bridgehead atoms. The van der Waals surface area contributed by atoms with Crippen molar-refractivity contribution in [2.45, 2.75) is 44.6 Å². The quantitative estimate of drug-likeness (QED) is 0.730. The predicted octanol–water partition coefficient (Wildman–Crippen LogP) is 3.44. The number of ether oxygens (including phenoxy) is 1. The molecule has 0 unspecified atom stereocenters. The third kappa shape index (κ3) is 4.46. The number of benzene rings is 1. The van der Waals surface area contributed by atoms with Crippen molar-refractivity contribution in [2.75, 3.05) is 13.7 Å². The van der Waals surface area contributed by atoms with Gasteiger partial charge in [0.25, 0.3) is 0 Å². The van der Waals surface area contributed by atoms with E-state index in [0.29, 0.717) is 6.42 Å². The van der Waals surface area contributed by atoms with Crippen LogP contribution < -0.4 is 10.1 Å². The van der Waals surface area contributed by atoms with Gasteiger partial charge < -0.3 is 10.1 Å². The summed E-state index contributed by atoms with van der Waals surface area (Å²) in [5, 5.41) is 3.43. The third-order valence-electron chi connectivity index (χ3n) is 3.46. The Bertz CT molecular complexity index is 396. The van der Waals surface area contributed by atoms with Crippen LogP contribution in [0.4, 0.5) is 8.78 Å². The zero-order valence-electron chi connectivity index (χ0n) is 11.3. The highest BCUT2D eigenvalue weighted by Crippen LogP contribution is 2.22. The van der Waals surface area contributed by atoms with Crippen LogP contribution in [-0.4, -0.2) is 19.7 Å². The van der Waals surface area contributed by atoms with Crippen LogP contribution in [0.3, 0.4) is 0 Å². The second-order valence-electron chi connectivity index (χ2n) is 5.11. The molecule has 106 valence electrons. The van der Waals surface area contributed by atoms with Gasteiger partial charge in [-0.2, -0.15) is 0 Å². The highest BCUT2D eigenvalue weighted by molar-refractivity contribution is 5.30. The minimum atomic E-state index is -0.507. The monoisotopic (exact) mass is 269 g/mol. The minimum absolute atomic E-state index is 0.177. The van der Waals surface area contributed by atoms with Gasteiger partial charge in [-0.25, -0.2) is 8.78 Å². The van der Waals surface area contributed by atoms with Gasteiger partial charge in [-0.05, 0) is 38.6 Å². The van der Waals surface area contributed by atoms with Crippen LogP contribution in [0.25, 0.3) is 0 Å². The number of methoxy groups -OCH3 is 1. The minimum Gasteiger partial charge on any atom is -0.497 e. The van der Waals surface area contributed by atoms with Crippen molar-refractivity contribution < 1.29 is 13.5 Å². The summed E-state index contributed by atoms with van der Waals surface area (Å²) in [7, 11) is 1.40. The average Bonchev–Trinajstić information content (AvgIpc) is 3.19. The molecule has 0 heterocycles. The zero-order valence-corrected chi connectivity index (χ0v) is 11.3. The maximum Gasteiger partial charge on any atom is 0.133 e. The third-order valence-corrected chi connectivity index (χ3v) is 3.46. The van der Waals surface area contributed by atoms with E-state index in [1.54, 1.807) is 0 Å². The fourth-order valence-corrected chi connectivity index (χ4v) is 2.13. The molecule has 1 aliphatic carbocycles. The summed E-state index contributed by atoms with van der Waals surface area (Å²) >= 11 is 0. The first-order chi connectivity index (χ1) is 9.20. The van der Waals surface area contributed by atoms with E-state index < -0.39 is 11.6 Å². The van der Waals surface area contributed by atoms with Gasteiger partial charge in [-0.1, -0.05) is 6.42 Å². The van der Waals surface area contributed by atoms with Crippen LogP contribution >= 0.6 is 0 Å². The van der Waals surface area contributed by atoms with Crippen molar-refractivity contribution in [1.29, 1.82) is 0 Å². The van der Waals surface area contributed by atoms with E-state index in [-0.39, 0.29) is 11.3 Å².